The lowest BCUT2D eigenvalue weighted by Gasteiger charge is -2.10. The molecule has 0 radical (unpaired) electrons. The molecule has 16 heavy (non-hydrogen) atoms. The highest BCUT2D eigenvalue weighted by molar-refractivity contribution is 5.78. The van der Waals surface area contributed by atoms with Gasteiger partial charge in [0.05, 0.1) is 0 Å². The minimum absolute atomic E-state index is 0.118. The van der Waals surface area contributed by atoms with E-state index in [9.17, 15) is 4.79 Å². The molecule has 0 aromatic heterocycles. The van der Waals surface area contributed by atoms with Crippen molar-refractivity contribution in [2.45, 2.75) is 13.0 Å². The monoisotopic (exact) mass is 219 g/mol. The summed E-state index contributed by atoms with van der Waals surface area (Å²) in [5, 5.41) is 0. The lowest BCUT2D eigenvalue weighted by Crippen LogP contribution is -2.31. The fraction of sp³-hybridized carbons (Fsp3) is 0.250. The van der Waals surface area contributed by atoms with Crippen LogP contribution < -0.4 is 15.2 Å². The molecular formula is C12H13NO3. The molecule has 0 fully saturated rings. The second kappa shape index (κ2) is 5.79. The van der Waals surface area contributed by atoms with E-state index in [0.29, 0.717) is 11.5 Å². The van der Waals surface area contributed by atoms with E-state index in [1.807, 2.05) is 0 Å². The van der Waals surface area contributed by atoms with Gasteiger partial charge in [0, 0.05) is 0 Å². The molecule has 0 heterocycles. The highest BCUT2D eigenvalue weighted by Crippen LogP contribution is 2.26. The van der Waals surface area contributed by atoms with Gasteiger partial charge in [-0.1, -0.05) is 18.1 Å². The fourth-order valence-corrected chi connectivity index (χ4v) is 0.974. The van der Waals surface area contributed by atoms with Crippen molar-refractivity contribution < 1.29 is 14.3 Å². The van der Waals surface area contributed by atoms with Gasteiger partial charge in [-0.2, -0.15) is 0 Å². The van der Waals surface area contributed by atoms with Crippen LogP contribution in [0.1, 0.15) is 6.92 Å². The van der Waals surface area contributed by atoms with Crippen LogP contribution in [0.3, 0.4) is 0 Å². The van der Waals surface area contributed by atoms with Crippen LogP contribution in [0.5, 0.6) is 11.5 Å². The molecule has 1 aromatic carbocycles. The van der Waals surface area contributed by atoms with Crippen molar-refractivity contribution in [3.63, 3.8) is 0 Å². The Morgan fingerprint density at radius 3 is 2.69 bits per heavy atom. The maximum Gasteiger partial charge on any atom is 0.328 e. The molecule has 4 heteroatoms. The Morgan fingerprint density at radius 1 is 1.50 bits per heavy atom. The Hall–Kier alpha value is -1.99. The first-order valence-electron chi connectivity index (χ1n) is 4.77. The van der Waals surface area contributed by atoms with Gasteiger partial charge in [0.2, 0.25) is 0 Å². The molecule has 0 aliphatic carbocycles. The number of benzene rings is 1. The Labute approximate surface area is 94.3 Å². The first-order valence-corrected chi connectivity index (χ1v) is 4.77. The quantitative estimate of drug-likeness (QED) is 0.465. The molecule has 1 atom stereocenters. The van der Waals surface area contributed by atoms with Crippen molar-refractivity contribution in [2.24, 2.45) is 5.73 Å². The predicted molar refractivity (Wildman–Crippen MR) is 60.1 cm³/mol. The third-order valence-corrected chi connectivity index (χ3v) is 1.74. The third kappa shape index (κ3) is 3.30. The van der Waals surface area contributed by atoms with Crippen molar-refractivity contribution >= 4 is 5.97 Å². The van der Waals surface area contributed by atoms with Crippen LogP contribution in [0.4, 0.5) is 0 Å². The van der Waals surface area contributed by atoms with Gasteiger partial charge in [-0.05, 0) is 19.1 Å². The number of carbonyl (C=O) groups is 1. The molecule has 84 valence electrons. The first-order chi connectivity index (χ1) is 7.65. The molecule has 1 aromatic rings. The van der Waals surface area contributed by atoms with E-state index < -0.39 is 12.0 Å². The number of esters is 1. The van der Waals surface area contributed by atoms with Crippen LogP contribution in [0.25, 0.3) is 0 Å². The maximum atomic E-state index is 11.3. The van der Waals surface area contributed by atoms with Crippen LogP contribution in [0.15, 0.2) is 24.3 Å². The van der Waals surface area contributed by atoms with E-state index in [2.05, 4.69) is 5.92 Å². The smallest absolute Gasteiger partial charge is 0.328 e. The summed E-state index contributed by atoms with van der Waals surface area (Å²) in [6.07, 6.45) is 5.07. The zero-order valence-electron chi connectivity index (χ0n) is 8.97. The number of carbonyl (C=O) groups excluding carboxylic acids is 1. The highest BCUT2D eigenvalue weighted by atomic mass is 16.6. The lowest BCUT2D eigenvalue weighted by atomic mass is 10.3. The van der Waals surface area contributed by atoms with Crippen molar-refractivity contribution in [3.8, 4) is 23.8 Å². The van der Waals surface area contributed by atoms with Crippen LogP contribution in [0.2, 0.25) is 0 Å². The topological polar surface area (TPSA) is 61.5 Å². The van der Waals surface area contributed by atoms with E-state index in [4.69, 9.17) is 21.6 Å². The van der Waals surface area contributed by atoms with Crippen molar-refractivity contribution in [2.75, 3.05) is 6.61 Å². The van der Waals surface area contributed by atoms with Crippen molar-refractivity contribution in [1.82, 2.24) is 0 Å². The largest absolute Gasteiger partial charge is 0.477 e. The maximum absolute atomic E-state index is 11.3. The second-order valence-electron chi connectivity index (χ2n) is 3.15. The molecule has 0 spiro atoms. The van der Waals surface area contributed by atoms with Gasteiger partial charge in [0.25, 0.3) is 0 Å². The molecule has 0 aliphatic rings. The standard InChI is InChI=1S/C12H13NO3/c1-3-8-15-10-6-4-5-7-11(10)16-12(14)9(2)13/h1,4-7,9H,8,13H2,2H3/t9-/m0/s1. The molecule has 1 rings (SSSR count). The summed E-state index contributed by atoms with van der Waals surface area (Å²) >= 11 is 0. The Kier molecular flexibility index (Phi) is 4.37. The second-order valence-corrected chi connectivity index (χ2v) is 3.15. The van der Waals surface area contributed by atoms with Crippen LogP contribution in [-0.4, -0.2) is 18.6 Å². The van der Waals surface area contributed by atoms with E-state index in [1.54, 1.807) is 31.2 Å². The predicted octanol–water partition coefficient (Wildman–Crippen LogP) is 0.951. The normalized spacial score (nSPS) is 11.3. The Balaban J connectivity index is 2.79. The number of hydrogen-bond donors (Lipinski definition) is 1. The summed E-state index contributed by atoms with van der Waals surface area (Å²) in [6, 6.07) is 6.09. The summed E-state index contributed by atoms with van der Waals surface area (Å²) in [5.74, 6) is 2.56. The Bertz CT molecular complexity index is 407. The molecule has 4 nitrogen and oxygen atoms in total. The summed E-state index contributed by atoms with van der Waals surface area (Å²) in [6.45, 7) is 1.67. The summed E-state index contributed by atoms with van der Waals surface area (Å²) in [5.41, 5.74) is 5.39. The van der Waals surface area contributed by atoms with E-state index >= 15 is 0 Å². The number of ether oxygens (including phenoxy) is 2. The molecule has 2 N–H and O–H groups in total. The zero-order chi connectivity index (χ0) is 12.0. The van der Waals surface area contributed by atoms with E-state index in [-0.39, 0.29) is 6.61 Å². The minimum Gasteiger partial charge on any atom is -0.477 e. The highest BCUT2D eigenvalue weighted by Gasteiger charge is 2.13. The van der Waals surface area contributed by atoms with E-state index in [1.165, 1.54) is 0 Å². The molecule has 0 amide bonds. The van der Waals surface area contributed by atoms with Crippen LogP contribution in [-0.2, 0) is 4.79 Å². The lowest BCUT2D eigenvalue weighted by molar-refractivity contribution is -0.135. The van der Waals surface area contributed by atoms with Crippen molar-refractivity contribution in [3.05, 3.63) is 24.3 Å². The van der Waals surface area contributed by atoms with Gasteiger partial charge >= 0.3 is 5.97 Å². The number of rotatable bonds is 4. The molecule has 0 saturated heterocycles. The molecule has 0 unspecified atom stereocenters. The first kappa shape index (κ1) is 12.1. The number of nitrogens with two attached hydrogens (primary N) is 1. The van der Waals surface area contributed by atoms with Gasteiger partial charge in [-0.25, -0.2) is 4.79 Å². The number of hydrogen-bond acceptors (Lipinski definition) is 4. The fourth-order valence-electron chi connectivity index (χ4n) is 0.974. The van der Waals surface area contributed by atoms with Gasteiger partial charge in [0.1, 0.15) is 12.6 Å². The summed E-state index contributed by atoms with van der Waals surface area (Å²) in [7, 11) is 0. The van der Waals surface area contributed by atoms with Crippen molar-refractivity contribution in [1.29, 1.82) is 0 Å². The van der Waals surface area contributed by atoms with Gasteiger partial charge in [-0.15, -0.1) is 6.42 Å². The number of terminal acetylenes is 1. The summed E-state index contributed by atoms with van der Waals surface area (Å²) < 4.78 is 10.3. The minimum atomic E-state index is -0.680. The van der Waals surface area contributed by atoms with Gasteiger partial charge in [0.15, 0.2) is 11.5 Å². The van der Waals surface area contributed by atoms with E-state index in [0.717, 1.165) is 0 Å². The Morgan fingerprint density at radius 2 is 2.12 bits per heavy atom. The molecule has 0 aliphatic heterocycles. The third-order valence-electron chi connectivity index (χ3n) is 1.74. The molecule has 0 bridgehead atoms. The molecule has 0 saturated carbocycles. The van der Waals surface area contributed by atoms with Crippen LogP contribution in [0, 0.1) is 12.3 Å². The summed E-state index contributed by atoms with van der Waals surface area (Å²) in [4.78, 5) is 11.3. The average molecular weight is 219 g/mol. The van der Waals surface area contributed by atoms with Crippen LogP contribution >= 0.6 is 0 Å². The average Bonchev–Trinajstić information content (AvgIpc) is 2.27. The zero-order valence-corrected chi connectivity index (χ0v) is 8.97. The molecular weight excluding hydrogens is 206 g/mol. The number of para-hydroxylation sites is 2. The SMILES string of the molecule is C#CCOc1ccccc1OC(=O)[C@H](C)N. The van der Waals surface area contributed by atoms with Gasteiger partial charge in [-0.3, -0.25) is 0 Å². The van der Waals surface area contributed by atoms with Gasteiger partial charge < -0.3 is 15.2 Å².